The molecule has 3 N–H and O–H groups in total. The van der Waals surface area contributed by atoms with Gasteiger partial charge in [0.2, 0.25) is 5.60 Å². The average Bonchev–Trinajstić information content (AvgIpc) is 3.65. The van der Waals surface area contributed by atoms with Gasteiger partial charge in [0.05, 0.1) is 23.1 Å². The molecule has 10 nitrogen and oxygen atoms in total. The van der Waals surface area contributed by atoms with Crippen LogP contribution >= 0.6 is 11.3 Å². The maximum Gasteiger partial charge on any atom is 0.425 e. The molecule has 2 amide bonds. The molecular weight excluding hydrogens is 803 g/mol. The molecule has 1 saturated carbocycles. The second-order valence-electron chi connectivity index (χ2n) is 15.8. The molecule has 0 spiro atoms. The Morgan fingerprint density at radius 1 is 1.03 bits per heavy atom. The number of nitrogens with two attached hydrogens (primary N) is 1. The Bertz CT molecular complexity index is 1950. The Morgan fingerprint density at radius 3 is 2.32 bits per heavy atom. The molecule has 0 radical (unpaired) electrons. The summed E-state index contributed by atoms with van der Waals surface area (Å²) in [5, 5.41) is 10.9. The van der Waals surface area contributed by atoms with E-state index in [4.69, 9.17) is 15.2 Å². The van der Waals surface area contributed by atoms with Crippen LogP contribution in [0.1, 0.15) is 118 Å². The van der Waals surface area contributed by atoms with E-state index in [1.54, 1.807) is 25.1 Å². The van der Waals surface area contributed by atoms with Gasteiger partial charge in [-0.1, -0.05) is 44.9 Å². The number of carboxylic acid groups (broad SMARTS) is 1. The molecule has 1 aromatic carbocycles. The lowest BCUT2D eigenvalue weighted by Gasteiger charge is -2.49. The third-order valence-electron chi connectivity index (χ3n) is 11.9. The van der Waals surface area contributed by atoms with E-state index in [2.05, 4.69) is 4.98 Å². The van der Waals surface area contributed by atoms with Gasteiger partial charge in [0.25, 0.3) is 11.8 Å². The molecule has 59 heavy (non-hydrogen) atoms. The Hall–Kier alpha value is -4.38. The van der Waals surface area contributed by atoms with Crippen molar-refractivity contribution in [3.63, 3.8) is 0 Å². The molecule has 0 bridgehead atoms. The Balaban J connectivity index is 1.44. The van der Waals surface area contributed by atoms with Crippen molar-refractivity contribution in [2.75, 3.05) is 20.1 Å². The second kappa shape index (κ2) is 18.1. The Labute approximate surface area is 344 Å². The minimum absolute atomic E-state index is 0.0159. The number of nitrogens with zero attached hydrogens (tertiary/aromatic N) is 3. The number of carbonyl (C=O) groups excluding carboxylic acids is 2. The first-order valence-electron chi connectivity index (χ1n) is 19.9. The van der Waals surface area contributed by atoms with E-state index in [0.29, 0.717) is 61.2 Å². The van der Waals surface area contributed by atoms with E-state index < -0.39 is 68.9 Å². The monoisotopic (exact) mass is 854 g/mol. The number of piperidine rings is 1. The number of amides is 2. The number of rotatable bonds is 17. The summed E-state index contributed by atoms with van der Waals surface area (Å²) in [5.74, 6) is -2.31. The second-order valence-corrected chi connectivity index (χ2v) is 16.7. The van der Waals surface area contributed by atoms with Crippen molar-refractivity contribution in [1.29, 1.82) is 0 Å². The van der Waals surface area contributed by atoms with Crippen LogP contribution in [0.5, 0.6) is 11.5 Å². The third kappa shape index (κ3) is 9.82. The largest absolute Gasteiger partial charge is 0.490 e. The minimum Gasteiger partial charge on any atom is -0.490 e. The molecule has 2 aromatic heterocycles. The number of likely N-dealkylation sites (tertiary alicyclic amines) is 1. The number of para-hydroxylation sites is 1. The van der Waals surface area contributed by atoms with Gasteiger partial charge < -0.3 is 30.1 Å². The number of thiophene rings is 1. The van der Waals surface area contributed by atoms with Crippen molar-refractivity contribution in [1.82, 2.24) is 14.8 Å². The summed E-state index contributed by atoms with van der Waals surface area (Å²) in [5.41, 5.74) is 1.86. The first-order valence-corrected chi connectivity index (χ1v) is 20.8. The zero-order valence-corrected chi connectivity index (χ0v) is 34.4. The Morgan fingerprint density at radius 2 is 1.73 bits per heavy atom. The molecule has 324 valence electrons. The predicted octanol–water partition coefficient (Wildman–Crippen LogP) is 9.32. The van der Waals surface area contributed by atoms with Crippen LogP contribution in [0.25, 0.3) is 0 Å². The summed E-state index contributed by atoms with van der Waals surface area (Å²) in [4.78, 5) is 46.3. The number of aromatic nitrogens is 1. The standard InChI is InChI=1S/C42H52F6N4O6S/c1-5-12-32-40(58-28-25-33(59-26-28)42(46,47)48,19-11-23-52(32)35(53)34-30(41(43,44)45)14-9-22-50-34)36(54)51(4)24-21-39(49,6-2)29-13-7-8-15-31(29)57-27(3)16-20-38(37(55)56)17-10-18-38/h7-9,13-15,22,25-27,32H,5-6,10-12,16-21,23-24,49H2,1-4H3,(H,55,56)/t27?,32-,39?,40+/m1/s1. The number of halogens is 6. The van der Waals surface area contributed by atoms with Crippen LogP contribution < -0.4 is 15.2 Å². The Kier molecular flexibility index (Phi) is 14.0. The molecule has 2 aliphatic rings. The van der Waals surface area contributed by atoms with Crippen LogP contribution in [0.2, 0.25) is 0 Å². The van der Waals surface area contributed by atoms with Crippen LogP contribution in [0, 0.1) is 5.41 Å². The molecule has 3 aromatic rings. The molecule has 4 atom stereocenters. The molecule has 17 heteroatoms. The molecule has 3 heterocycles. The number of hydrogen-bond donors (Lipinski definition) is 2. The highest BCUT2D eigenvalue weighted by molar-refractivity contribution is 7.10. The fraction of sp³-hybridized carbons (Fsp3) is 0.571. The van der Waals surface area contributed by atoms with Crippen molar-refractivity contribution >= 4 is 29.1 Å². The van der Waals surface area contributed by atoms with Gasteiger partial charge in [0.15, 0.2) is 0 Å². The average molecular weight is 855 g/mol. The molecule has 1 aliphatic carbocycles. The highest BCUT2D eigenvalue weighted by atomic mass is 32.1. The molecule has 2 fully saturated rings. The molecule has 1 saturated heterocycles. The van der Waals surface area contributed by atoms with Gasteiger partial charge in [-0.05, 0) is 76.5 Å². The van der Waals surface area contributed by atoms with Crippen LogP contribution in [-0.2, 0) is 27.5 Å². The minimum atomic E-state index is -4.92. The van der Waals surface area contributed by atoms with Crippen molar-refractivity contribution in [3.05, 3.63) is 75.7 Å². The lowest BCUT2D eigenvalue weighted by atomic mass is 9.66. The summed E-state index contributed by atoms with van der Waals surface area (Å²) in [6.45, 7) is 5.47. The van der Waals surface area contributed by atoms with Crippen molar-refractivity contribution in [3.8, 4) is 11.5 Å². The third-order valence-corrected chi connectivity index (χ3v) is 12.9. The molecule has 1 aliphatic heterocycles. The van der Waals surface area contributed by atoms with E-state index in [1.165, 1.54) is 11.9 Å². The number of carbonyl (C=O) groups is 3. The summed E-state index contributed by atoms with van der Waals surface area (Å²) in [7, 11) is 1.49. The number of pyridine rings is 1. The van der Waals surface area contributed by atoms with Crippen LogP contribution in [0.3, 0.4) is 0 Å². The van der Waals surface area contributed by atoms with E-state index >= 15 is 0 Å². The molecule has 5 rings (SSSR count). The van der Waals surface area contributed by atoms with Crippen molar-refractivity contribution in [2.24, 2.45) is 11.1 Å². The van der Waals surface area contributed by atoms with E-state index in [-0.39, 0.29) is 50.6 Å². The quantitative estimate of drug-likeness (QED) is 0.128. The SMILES string of the molecule is CCC[C@H]1N(C(=O)c2ncccc2C(F)(F)F)CCC[C@@]1(Oc1csc(C(F)(F)F)c1)C(=O)N(C)CCC(N)(CC)c1ccccc1OC(C)CCC1(C(=O)O)CCC1. The normalized spacial score (nSPS) is 20.9. The van der Waals surface area contributed by atoms with Gasteiger partial charge in [-0.15, -0.1) is 11.3 Å². The summed E-state index contributed by atoms with van der Waals surface area (Å²) in [6, 6.07) is 8.60. The zero-order chi connectivity index (χ0) is 43.4. The van der Waals surface area contributed by atoms with Gasteiger partial charge in [-0.25, -0.2) is 0 Å². The van der Waals surface area contributed by atoms with E-state index in [9.17, 15) is 45.8 Å². The van der Waals surface area contributed by atoms with Gasteiger partial charge in [-0.3, -0.25) is 19.4 Å². The highest BCUT2D eigenvalue weighted by Gasteiger charge is 2.56. The fourth-order valence-corrected chi connectivity index (χ4v) is 8.96. The first-order chi connectivity index (χ1) is 27.7. The topological polar surface area (TPSA) is 135 Å². The van der Waals surface area contributed by atoms with Crippen LogP contribution in [0.15, 0.2) is 54.0 Å². The lowest BCUT2D eigenvalue weighted by molar-refractivity contribution is -0.158. The van der Waals surface area contributed by atoms with E-state index in [1.807, 2.05) is 19.9 Å². The van der Waals surface area contributed by atoms with Crippen LogP contribution in [-0.4, -0.2) is 75.6 Å². The van der Waals surface area contributed by atoms with Crippen molar-refractivity contribution in [2.45, 2.75) is 127 Å². The number of benzene rings is 1. The molecule has 2 unspecified atom stereocenters. The number of ether oxygens (including phenoxy) is 2. The highest BCUT2D eigenvalue weighted by Crippen LogP contribution is 2.46. The van der Waals surface area contributed by atoms with Crippen molar-refractivity contribution < 1.29 is 55.3 Å². The lowest BCUT2D eigenvalue weighted by Crippen LogP contribution is -2.68. The number of alkyl halides is 6. The van der Waals surface area contributed by atoms with Gasteiger partial charge in [-0.2, -0.15) is 26.3 Å². The summed E-state index contributed by atoms with van der Waals surface area (Å²) in [6.07, 6.45) is -4.75. The number of hydrogen-bond acceptors (Lipinski definition) is 8. The van der Waals surface area contributed by atoms with Gasteiger partial charge >= 0.3 is 18.3 Å². The van der Waals surface area contributed by atoms with E-state index in [0.717, 1.165) is 41.1 Å². The summed E-state index contributed by atoms with van der Waals surface area (Å²) < 4.78 is 96.3. The van der Waals surface area contributed by atoms with Gasteiger partial charge in [0.1, 0.15) is 22.1 Å². The maximum absolute atomic E-state index is 15.0. The number of carboxylic acids is 1. The fourth-order valence-electron chi connectivity index (χ4n) is 8.28. The maximum atomic E-state index is 15.0. The molecular formula is C42H52F6N4O6S. The number of likely N-dealkylation sites (N-methyl/N-ethyl adjacent to an activating group) is 1. The van der Waals surface area contributed by atoms with Gasteiger partial charge in [0, 0.05) is 55.3 Å². The zero-order valence-electron chi connectivity index (χ0n) is 33.6. The number of aliphatic carboxylic acids is 1. The predicted molar refractivity (Wildman–Crippen MR) is 209 cm³/mol. The van der Waals surface area contributed by atoms with Crippen LogP contribution in [0.4, 0.5) is 26.3 Å². The summed E-state index contributed by atoms with van der Waals surface area (Å²) >= 11 is 0.371. The first kappa shape index (κ1) is 45.7. The smallest absolute Gasteiger partial charge is 0.425 e.